The van der Waals surface area contributed by atoms with Crippen LogP contribution in [-0.4, -0.2) is 43.5 Å². The van der Waals surface area contributed by atoms with E-state index in [1.165, 1.54) is 7.11 Å². The van der Waals surface area contributed by atoms with E-state index >= 15 is 0 Å². The van der Waals surface area contributed by atoms with Gasteiger partial charge in [-0.1, -0.05) is 26.0 Å². The first kappa shape index (κ1) is 16.5. The monoisotopic (exact) mass is 281 g/mol. The zero-order valence-corrected chi connectivity index (χ0v) is 12.3. The van der Waals surface area contributed by atoms with Crippen LogP contribution in [0, 0.1) is 0 Å². The Morgan fingerprint density at radius 3 is 2.45 bits per heavy atom. The second-order valence-electron chi connectivity index (χ2n) is 4.83. The van der Waals surface area contributed by atoms with Gasteiger partial charge in [0.2, 0.25) is 0 Å². The van der Waals surface area contributed by atoms with Crippen molar-refractivity contribution in [3.63, 3.8) is 0 Å². The molecule has 0 aromatic heterocycles. The Labute approximate surface area is 119 Å². The van der Waals surface area contributed by atoms with Gasteiger partial charge in [-0.15, -0.1) is 0 Å². The summed E-state index contributed by atoms with van der Waals surface area (Å²) in [7, 11) is 1.36. The van der Waals surface area contributed by atoms with Gasteiger partial charge in [-0.2, -0.15) is 0 Å². The van der Waals surface area contributed by atoms with Crippen LogP contribution in [0.15, 0.2) is 24.3 Å². The van der Waals surface area contributed by atoms with Gasteiger partial charge >= 0.3 is 5.97 Å². The number of methoxy groups -OCH3 is 1. The highest BCUT2D eigenvalue weighted by Gasteiger charge is 2.20. The minimum Gasteiger partial charge on any atom is -0.491 e. The molecular formula is C15H23NO4. The van der Waals surface area contributed by atoms with E-state index in [0.29, 0.717) is 12.2 Å². The highest BCUT2D eigenvalue weighted by Crippen LogP contribution is 2.13. The first-order chi connectivity index (χ1) is 9.56. The van der Waals surface area contributed by atoms with Gasteiger partial charge in [0.05, 0.1) is 7.11 Å². The number of hydrogen-bond donors (Lipinski definition) is 2. The van der Waals surface area contributed by atoms with E-state index in [0.717, 1.165) is 5.56 Å². The predicted octanol–water partition coefficient (Wildman–Crippen LogP) is 1.14. The lowest BCUT2D eigenvalue weighted by Crippen LogP contribution is -2.45. The lowest BCUT2D eigenvalue weighted by atomic mass is 10.1. The van der Waals surface area contributed by atoms with Crippen molar-refractivity contribution >= 4 is 5.97 Å². The van der Waals surface area contributed by atoms with Crippen LogP contribution in [0.4, 0.5) is 0 Å². The lowest BCUT2D eigenvalue weighted by Gasteiger charge is -2.19. The fraction of sp³-hybridized carbons (Fsp3) is 0.533. The second kappa shape index (κ2) is 8.55. The number of aliphatic hydroxyl groups excluding tert-OH is 1. The van der Waals surface area contributed by atoms with Crippen LogP contribution in [-0.2, 0) is 16.0 Å². The Morgan fingerprint density at radius 2 is 1.95 bits per heavy atom. The average molecular weight is 281 g/mol. The number of carbonyl (C=O) groups excluding carboxylic acids is 1. The third kappa shape index (κ3) is 5.59. The van der Waals surface area contributed by atoms with Crippen molar-refractivity contribution in [1.29, 1.82) is 0 Å². The van der Waals surface area contributed by atoms with E-state index in [1.54, 1.807) is 0 Å². The quantitative estimate of drug-likeness (QED) is 0.699. The molecule has 1 aromatic carbocycles. The van der Waals surface area contributed by atoms with Crippen LogP contribution in [0.1, 0.15) is 19.4 Å². The molecule has 20 heavy (non-hydrogen) atoms. The first-order valence-electron chi connectivity index (χ1n) is 6.73. The fourth-order valence-electron chi connectivity index (χ4n) is 1.79. The van der Waals surface area contributed by atoms with Crippen molar-refractivity contribution in [3.05, 3.63) is 29.8 Å². The number of carbonyl (C=O) groups is 1. The maximum atomic E-state index is 11.6. The zero-order valence-electron chi connectivity index (χ0n) is 12.3. The van der Waals surface area contributed by atoms with Gasteiger partial charge in [0, 0.05) is 12.6 Å². The van der Waals surface area contributed by atoms with E-state index in [1.807, 2.05) is 38.1 Å². The molecule has 1 unspecified atom stereocenters. The van der Waals surface area contributed by atoms with E-state index in [4.69, 9.17) is 14.6 Å². The van der Waals surface area contributed by atoms with Crippen molar-refractivity contribution in [1.82, 2.24) is 5.32 Å². The molecule has 0 aliphatic carbocycles. The van der Waals surface area contributed by atoms with Crippen LogP contribution >= 0.6 is 0 Å². The van der Waals surface area contributed by atoms with Gasteiger partial charge < -0.3 is 14.6 Å². The van der Waals surface area contributed by atoms with Crippen LogP contribution < -0.4 is 10.1 Å². The second-order valence-corrected chi connectivity index (χ2v) is 4.83. The maximum Gasteiger partial charge on any atom is 0.326 e. The van der Waals surface area contributed by atoms with Gasteiger partial charge in [-0.3, -0.25) is 10.1 Å². The molecule has 0 spiro atoms. The molecule has 112 valence electrons. The molecular weight excluding hydrogens is 258 g/mol. The largest absolute Gasteiger partial charge is 0.491 e. The van der Waals surface area contributed by atoms with Gasteiger partial charge in [0.15, 0.2) is 0 Å². The molecule has 0 fully saturated rings. The molecule has 0 aliphatic heterocycles. The maximum absolute atomic E-state index is 11.6. The number of benzene rings is 1. The minimum absolute atomic E-state index is 0.128. The molecule has 2 N–H and O–H groups in total. The van der Waals surface area contributed by atoms with Crippen molar-refractivity contribution in [2.45, 2.75) is 32.4 Å². The van der Waals surface area contributed by atoms with Gasteiger partial charge in [0.25, 0.3) is 0 Å². The van der Waals surface area contributed by atoms with E-state index < -0.39 is 6.04 Å². The summed E-state index contributed by atoms with van der Waals surface area (Å²) < 4.78 is 10.3. The normalized spacial score (nSPS) is 12.2. The summed E-state index contributed by atoms with van der Waals surface area (Å²) in [6.45, 7) is 4.26. The Bertz CT molecular complexity index is 403. The highest BCUT2D eigenvalue weighted by molar-refractivity contribution is 5.75. The third-order valence-electron chi connectivity index (χ3n) is 2.76. The lowest BCUT2D eigenvalue weighted by molar-refractivity contribution is -0.144. The van der Waals surface area contributed by atoms with Crippen molar-refractivity contribution in [2.24, 2.45) is 0 Å². The molecule has 1 atom stereocenters. The Kier molecular flexibility index (Phi) is 7.04. The molecule has 1 rings (SSSR count). The van der Waals surface area contributed by atoms with Crippen molar-refractivity contribution in [3.8, 4) is 5.75 Å². The summed E-state index contributed by atoms with van der Waals surface area (Å²) in [6, 6.07) is 7.12. The van der Waals surface area contributed by atoms with E-state index in [2.05, 4.69) is 5.32 Å². The molecule has 0 aliphatic rings. The summed E-state index contributed by atoms with van der Waals surface area (Å²) in [5.41, 5.74) is 1.05. The average Bonchev–Trinajstić information content (AvgIpc) is 2.44. The molecule has 0 saturated heterocycles. The number of aliphatic hydroxyl groups is 1. The Morgan fingerprint density at radius 1 is 1.30 bits per heavy atom. The van der Waals surface area contributed by atoms with Crippen LogP contribution in [0.2, 0.25) is 0 Å². The summed E-state index contributed by atoms with van der Waals surface area (Å²) in [6.07, 6.45) is 0.625. The standard InChI is InChI=1S/C15H23NO4/c1-11(2)16-14(15(18)19-3)10-20-13-6-4-12(5-7-13)8-9-17/h4-7,11,14,16-17H,8-10H2,1-3H3. The molecule has 5 nitrogen and oxygen atoms in total. The first-order valence-corrected chi connectivity index (χ1v) is 6.73. The summed E-state index contributed by atoms with van der Waals surface area (Å²) in [5.74, 6) is 0.349. The van der Waals surface area contributed by atoms with Crippen molar-refractivity contribution in [2.75, 3.05) is 20.3 Å². The smallest absolute Gasteiger partial charge is 0.326 e. The third-order valence-corrected chi connectivity index (χ3v) is 2.76. The summed E-state index contributed by atoms with van der Waals surface area (Å²) >= 11 is 0. The summed E-state index contributed by atoms with van der Waals surface area (Å²) in [4.78, 5) is 11.6. The Balaban J connectivity index is 2.55. The summed E-state index contributed by atoms with van der Waals surface area (Å²) in [5, 5.41) is 11.9. The molecule has 1 aromatic rings. The minimum atomic E-state index is -0.489. The number of ether oxygens (including phenoxy) is 2. The van der Waals surface area contributed by atoms with Crippen molar-refractivity contribution < 1.29 is 19.4 Å². The van der Waals surface area contributed by atoms with E-state index in [-0.39, 0.29) is 25.2 Å². The van der Waals surface area contributed by atoms with Gasteiger partial charge in [-0.05, 0) is 24.1 Å². The molecule has 0 bridgehead atoms. The Hall–Kier alpha value is -1.59. The molecule has 0 heterocycles. The predicted molar refractivity (Wildman–Crippen MR) is 76.8 cm³/mol. The SMILES string of the molecule is COC(=O)C(COc1ccc(CCO)cc1)NC(C)C. The van der Waals surface area contributed by atoms with Gasteiger partial charge in [0.1, 0.15) is 18.4 Å². The zero-order chi connectivity index (χ0) is 15.0. The van der Waals surface area contributed by atoms with Crippen LogP contribution in [0.5, 0.6) is 5.75 Å². The number of hydrogen-bond acceptors (Lipinski definition) is 5. The van der Waals surface area contributed by atoms with Gasteiger partial charge in [-0.25, -0.2) is 0 Å². The molecule has 0 amide bonds. The van der Waals surface area contributed by atoms with E-state index in [9.17, 15) is 4.79 Å². The van der Waals surface area contributed by atoms with Crippen LogP contribution in [0.25, 0.3) is 0 Å². The number of rotatable bonds is 8. The fourth-order valence-corrected chi connectivity index (χ4v) is 1.79. The number of nitrogens with one attached hydrogen (secondary N) is 1. The highest BCUT2D eigenvalue weighted by atomic mass is 16.5. The topological polar surface area (TPSA) is 67.8 Å². The molecule has 0 saturated carbocycles. The molecule has 0 radical (unpaired) electrons. The number of esters is 1. The molecule has 5 heteroatoms. The van der Waals surface area contributed by atoms with Crippen LogP contribution in [0.3, 0.4) is 0 Å².